The van der Waals surface area contributed by atoms with Crippen LogP contribution in [-0.2, 0) is 0 Å². The molecule has 2 atom stereocenters. The summed E-state index contributed by atoms with van der Waals surface area (Å²) >= 11 is 7.69. The second kappa shape index (κ2) is 7.95. The molecule has 2 unspecified atom stereocenters. The average molecular weight is 411 g/mol. The maximum atomic E-state index is 11.1. The molecule has 1 aromatic carbocycles. The van der Waals surface area contributed by atoms with E-state index in [1.165, 1.54) is 0 Å². The summed E-state index contributed by atoms with van der Waals surface area (Å²) < 4.78 is 0. The van der Waals surface area contributed by atoms with Crippen molar-refractivity contribution in [3.05, 3.63) is 69.7 Å². The Kier molecular flexibility index (Phi) is 5.39. The Morgan fingerprint density at radius 1 is 1.29 bits per heavy atom. The first-order valence-electron chi connectivity index (χ1n) is 8.93. The third-order valence-electron chi connectivity index (χ3n) is 4.79. The van der Waals surface area contributed by atoms with E-state index in [1.54, 1.807) is 29.7 Å². The van der Waals surface area contributed by atoms with Gasteiger partial charge in [-0.05, 0) is 0 Å². The zero-order valence-electron chi connectivity index (χ0n) is 15.6. The molecule has 0 spiro atoms. The number of thiophene rings is 1. The van der Waals surface area contributed by atoms with Gasteiger partial charge >= 0.3 is 174 Å². The fourth-order valence-corrected chi connectivity index (χ4v) is 4.68. The van der Waals surface area contributed by atoms with Crippen LogP contribution in [0.4, 0.5) is 5.82 Å². The molecule has 3 aromatic rings. The van der Waals surface area contributed by atoms with Crippen molar-refractivity contribution < 1.29 is 5.11 Å². The number of benzene rings is 1. The first kappa shape index (κ1) is 19.0. The molecule has 28 heavy (non-hydrogen) atoms. The monoisotopic (exact) mass is 410 g/mol. The molecule has 1 aliphatic heterocycles. The minimum absolute atomic E-state index is 0.0127. The Labute approximate surface area is 173 Å². The maximum absolute atomic E-state index is 11.1. The first-order chi connectivity index (χ1) is 13.6. The summed E-state index contributed by atoms with van der Waals surface area (Å²) in [5, 5.41) is 18.2. The summed E-state index contributed by atoms with van der Waals surface area (Å²) in [5.74, 6) is 0.810. The van der Waals surface area contributed by atoms with E-state index in [1.807, 2.05) is 51.5 Å². The van der Waals surface area contributed by atoms with Crippen molar-refractivity contribution in [2.75, 3.05) is 19.4 Å². The molecular weight excluding hydrogens is 391 g/mol. The van der Waals surface area contributed by atoms with Crippen LogP contribution in [0, 0.1) is 0 Å². The van der Waals surface area contributed by atoms with E-state index in [0.717, 1.165) is 32.3 Å². The van der Waals surface area contributed by atoms with Crippen molar-refractivity contribution in [1.82, 2.24) is 15.1 Å². The molecule has 0 saturated heterocycles. The van der Waals surface area contributed by atoms with Gasteiger partial charge in [-0.3, -0.25) is 0 Å². The van der Waals surface area contributed by atoms with Gasteiger partial charge in [-0.2, -0.15) is 0 Å². The Balaban J connectivity index is 1.79. The van der Waals surface area contributed by atoms with Gasteiger partial charge in [0.2, 0.25) is 0 Å². The van der Waals surface area contributed by atoms with Crippen LogP contribution in [0.3, 0.4) is 0 Å². The third-order valence-corrected chi connectivity index (χ3v) is 6.30. The quantitative estimate of drug-likeness (QED) is 0.562. The molecule has 0 amide bonds. The molecule has 3 heterocycles. The summed E-state index contributed by atoms with van der Waals surface area (Å²) in [6.45, 7) is 0. The minimum atomic E-state index is -0.737. The van der Waals surface area contributed by atoms with E-state index >= 15 is 0 Å². The van der Waals surface area contributed by atoms with Crippen molar-refractivity contribution >= 4 is 41.9 Å². The van der Waals surface area contributed by atoms with E-state index in [2.05, 4.69) is 26.5 Å². The van der Waals surface area contributed by atoms with Crippen molar-refractivity contribution in [2.45, 2.75) is 12.3 Å². The summed E-state index contributed by atoms with van der Waals surface area (Å²) in [6.07, 6.45) is 2.96. The number of halogens is 1. The van der Waals surface area contributed by atoms with Gasteiger partial charge < -0.3 is 0 Å². The van der Waals surface area contributed by atoms with Gasteiger partial charge in [0.1, 0.15) is 0 Å². The number of nitrogens with zero attached hydrogens (tertiary/aromatic N) is 2. The average Bonchev–Trinajstić information content (AvgIpc) is 3.34. The van der Waals surface area contributed by atoms with Crippen LogP contribution in [0.2, 0.25) is 5.02 Å². The van der Waals surface area contributed by atoms with Gasteiger partial charge in [0.25, 0.3) is 0 Å². The standard InChI is InChI=1S/C20H20BClN4OS/c1-23-17-9-13(7-8-24-17)16-10-15(18(27)12-3-5-14(22)6-4-12)19(28-16)20-25-11-21-26(20)2/h3-11,18,20,25,27H,1-2H3,(H,23,24). The molecular formula is C20H20BClN4OS. The molecule has 0 bridgehead atoms. The van der Waals surface area contributed by atoms with Crippen LogP contribution in [-0.4, -0.2) is 42.1 Å². The Morgan fingerprint density at radius 3 is 2.75 bits per heavy atom. The van der Waals surface area contributed by atoms with Crippen LogP contribution >= 0.6 is 22.9 Å². The Hall–Kier alpha value is -2.35. The molecule has 0 fully saturated rings. The van der Waals surface area contributed by atoms with Gasteiger partial charge in [-0.25, -0.2) is 0 Å². The Bertz CT molecular complexity index is 1010. The Morgan fingerprint density at radius 2 is 2.07 bits per heavy atom. The van der Waals surface area contributed by atoms with Crippen LogP contribution < -0.4 is 10.6 Å². The van der Waals surface area contributed by atoms with Crippen molar-refractivity contribution in [1.29, 1.82) is 0 Å². The van der Waals surface area contributed by atoms with Crippen molar-refractivity contribution in [2.24, 2.45) is 0 Å². The number of rotatable bonds is 5. The van der Waals surface area contributed by atoms with E-state index in [9.17, 15) is 5.11 Å². The molecule has 8 heteroatoms. The SMILES string of the molecule is CNc1cc(-c2cc(C(O)c3ccc(Cl)cc3)c(C3NC=BN3C)s2)ccn1. The normalized spacial score (nSPS) is 16.6. The second-order valence-corrected chi connectivity index (χ2v) is 8.13. The zero-order valence-corrected chi connectivity index (χ0v) is 17.1. The third kappa shape index (κ3) is 3.65. The summed E-state index contributed by atoms with van der Waals surface area (Å²) in [7, 11) is 5.86. The number of hydrogen-bond donors (Lipinski definition) is 3. The first-order valence-corrected chi connectivity index (χ1v) is 10.1. The van der Waals surface area contributed by atoms with E-state index in [4.69, 9.17) is 11.6 Å². The fraction of sp³-hybridized carbons (Fsp3) is 0.200. The predicted molar refractivity (Wildman–Crippen MR) is 118 cm³/mol. The van der Waals surface area contributed by atoms with Gasteiger partial charge in [-0.15, -0.1) is 0 Å². The molecule has 0 saturated carbocycles. The van der Waals surface area contributed by atoms with Crippen LogP contribution in [0.25, 0.3) is 10.4 Å². The molecule has 2 aromatic heterocycles. The number of aromatic nitrogens is 1. The molecule has 3 N–H and O–H groups in total. The predicted octanol–water partition coefficient (Wildman–Crippen LogP) is 3.50. The summed E-state index contributed by atoms with van der Waals surface area (Å²) in [4.78, 5) is 8.55. The molecule has 0 radical (unpaired) electrons. The van der Waals surface area contributed by atoms with Crippen LogP contribution in [0.15, 0.2) is 48.7 Å². The number of aliphatic hydroxyl groups is 1. The fourth-order valence-electron chi connectivity index (χ4n) is 3.25. The molecule has 4 rings (SSSR count). The van der Waals surface area contributed by atoms with Gasteiger partial charge in [-0.1, -0.05) is 0 Å². The van der Waals surface area contributed by atoms with Crippen LogP contribution in [0.1, 0.15) is 28.3 Å². The van der Waals surface area contributed by atoms with Gasteiger partial charge in [0, 0.05) is 0 Å². The molecule has 1 aliphatic rings. The number of pyridine rings is 1. The second-order valence-electron chi connectivity index (χ2n) is 6.61. The van der Waals surface area contributed by atoms with E-state index < -0.39 is 6.10 Å². The van der Waals surface area contributed by atoms with Crippen molar-refractivity contribution in [3.8, 4) is 10.4 Å². The van der Waals surface area contributed by atoms with Gasteiger partial charge in [0.15, 0.2) is 0 Å². The van der Waals surface area contributed by atoms with Crippen molar-refractivity contribution in [3.63, 3.8) is 0 Å². The van der Waals surface area contributed by atoms with Crippen LogP contribution in [0.5, 0.6) is 0 Å². The number of nitrogens with one attached hydrogen (secondary N) is 2. The summed E-state index contributed by atoms with van der Waals surface area (Å²) in [5.41, 5.74) is 2.77. The topological polar surface area (TPSA) is 60.4 Å². The molecule has 0 aliphatic carbocycles. The number of hydrogen-bond acceptors (Lipinski definition) is 6. The van der Waals surface area contributed by atoms with Gasteiger partial charge in [0.05, 0.1) is 0 Å². The summed E-state index contributed by atoms with van der Waals surface area (Å²) in [6, 6.07) is 13.4. The number of anilines is 1. The van der Waals surface area contributed by atoms with E-state index in [-0.39, 0.29) is 6.17 Å². The molecule has 142 valence electrons. The molecule has 5 nitrogen and oxygen atoms in total. The van der Waals surface area contributed by atoms with E-state index in [0.29, 0.717) is 5.02 Å². The number of aliphatic hydroxyl groups excluding tert-OH is 1. The zero-order chi connectivity index (χ0) is 19.7.